The fourth-order valence-corrected chi connectivity index (χ4v) is 2.16. The molecule has 0 amide bonds. The SMILES string of the molecule is CS(=O)CCNc1ncc2cc(Br)ccc2n1. The lowest BCUT2D eigenvalue weighted by Gasteiger charge is -2.04. The highest BCUT2D eigenvalue weighted by Crippen LogP contribution is 2.18. The standard InChI is InChI=1S/C11H12BrN3OS/c1-17(16)5-4-13-11-14-7-8-6-9(12)2-3-10(8)15-11/h2-3,6-7H,4-5H2,1H3,(H,13,14,15). The minimum atomic E-state index is -0.794. The van der Waals surface area contributed by atoms with E-state index in [1.165, 1.54) is 0 Å². The third-order valence-electron chi connectivity index (χ3n) is 2.21. The predicted octanol–water partition coefficient (Wildman–Crippen LogP) is 2.18. The lowest BCUT2D eigenvalue weighted by molar-refractivity contribution is 0.687. The number of nitrogens with zero attached hydrogens (tertiary/aromatic N) is 2. The van der Waals surface area contributed by atoms with Crippen LogP contribution in [-0.4, -0.2) is 32.7 Å². The van der Waals surface area contributed by atoms with Gasteiger partial charge in [0.2, 0.25) is 5.95 Å². The van der Waals surface area contributed by atoms with Crippen molar-refractivity contribution >= 4 is 43.6 Å². The molecule has 0 spiro atoms. The molecule has 0 aliphatic heterocycles. The van der Waals surface area contributed by atoms with Gasteiger partial charge in [-0.3, -0.25) is 4.21 Å². The van der Waals surface area contributed by atoms with Crippen molar-refractivity contribution in [3.05, 3.63) is 28.9 Å². The first-order valence-corrected chi connectivity index (χ1v) is 7.63. The molecule has 0 fully saturated rings. The van der Waals surface area contributed by atoms with Gasteiger partial charge in [-0.2, -0.15) is 0 Å². The lowest BCUT2D eigenvalue weighted by Crippen LogP contribution is -2.11. The van der Waals surface area contributed by atoms with Gasteiger partial charge in [-0.25, -0.2) is 9.97 Å². The quantitative estimate of drug-likeness (QED) is 0.940. The molecule has 4 nitrogen and oxygen atoms in total. The second-order valence-corrected chi connectivity index (χ2v) is 6.07. The molecule has 2 aromatic rings. The average Bonchev–Trinajstić information content (AvgIpc) is 2.29. The van der Waals surface area contributed by atoms with E-state index in [1.807, 2.05) is 18.2 Å². The van der Waals surface area contributed by atoms with Crippen molar-refractivity contribution in [2.75, 3.05) is 23.9 Å². The second kappa shape index (κ2) is 5.55. The number of hydrogen-bond acceptors (Lipinski definition) is 4. The molecule has 90 valence electrons. The van der Waals surface area contributed by atoms with Crippen LogP contribution in [0.2, 0.25) is 0 Å². The van der Waals surface area contributed by atoms with Gasteiger partial charge < -0.3 is 5.32 Å². The van der Waals surface area contributed by atoms with Crippen molar-refractivity contribution in [3.8, 4) is 0 Å². The predicted molar refractivity (Wildman–Crippen MR) is 74.7 cm³/mol. The number of benzene rings is 1. The molecule has 0 saturated carbocycles. The molecular weight excluding hydrogens is 302 g/mol. The van der Waals surface area contributed by atoms with Crippen molar-refractivity contribution in [2.24, 2.45) is 0 Å². The number of fused-ring (bicyclic) bond motifs is 1. The monoisotopic (exact) mass is 313 g/mol. The van der Waals surface area contributed by atoms with Crippen LogP contribution in [0.5, 0.6) is 0 Å². The fraction of sp³-hybridized carbons (Fsp3) is 0.273. The molecule has 1 heterocycles. The summed E-state index contributed by atoms with van der Waals surface area (Å²) in [5.41, 5.74) is 0.892. The van der Waals surface area contributed by atoms with E-state index in [9.17, 15) is 4.21 Å². The highest BCUT2D eigenvalue weighted by atomic mass is 79.9. The summed E-state index contributed by atoms with van der Waals surface area (Å²) in [7, 11) is -0.794. The first-order chi connectivity index (χ1) is 8.15. The van der Waals surface area contributed by atoms with Gasteiger partial charge in [0.25, 0.3) is 0 Å². The van der Waals surface area contributed by atoms with Crippen molar-refractivity contribution in [3.63, 3.8) is 0 Å². The number of rotatable bonds is 4. The van der Waals surface area contributed by atoms with Crippen molar-refractivity contribution in [2.45, 2.75) is 0 Å². The van der Waals surface area contributed by atoms with Crippen LogP contribution < -0.4 is 5.32 Å². The highest BCUT2D eigenvalue weighted by Gasteiger charge is 2.00. The molecule has 0 aliphatic rings. The molecular formula is C11H12BrN3OS. The summed E-state index contributed by atoms with van der Waals surface area (Å²) in [5, 5.41) is 4.05. The summed E-state index contributed by atoms with van der Waals surface area (Å²) in [6, 6.07) is 5.85. The van der Waals surface area contributed by atoms with E-state index in [0.29, 0.717) is 18.2 Å². The van der Waals surface area contributed by atoms with Crippen LogP contribution in [0.1, 0.15) is 0 Å². The molecule has 17 heavy (non-hydrogen) atoms. The molecule has 0 radical (unpaired) electrons. The lowest BCUT2D eigenvalue weighted by atomic mass is 10.2. The van der Waals surface area contributed by atoms with E-state index < -0.39 is 10.8 Å². The summed E-state index contributed by atoms with van der Waals surface area (Å²) in [4.78, 5) is 8.57. The molecule has 2 rings (SSSR count). The Bertz CT molecular complexity index is 561. The largest absolute Gasteiger partial charge is 0.353 e. The minimum Gasteiger partial charge on any atom is -0.353 e. The Morgan fingerprint density at radius 2 is 2.29 bits per heavy atom. The number of aromatic nitrogens is 2. The van der Waals surface area contributed by atoms with Crippen molar-refractivity contribution in [1.82, 2.24) is 9.97 Å². The first-order valence-electron chi connectivity index (χ1n) is 5.11. The zero-order chi connectivity index (χ0) is 12.3. The maximum atomic E-state index is 10.9. The van der Waals surface area contributed by atoms with Gasteiger partial charge in [0, 0.05) is 45.4 Å². The van der Waals surface area contributed by atoms with E-state index in [2.05, 4.69) is 31.2 Å². The summed E-state index contributed by atoms with van der Waals surface area (Å²) < 4.78 is 11.9. The maximum absolute atomic E-state index is 10.9. The van der Waals surface area contributed by atoms with Gasteiger partial charge in [0.1, 0.15) is 0 Å². The van der Waals surface area contributed by atoms with E-state index in [-0.39, 0.29) is 0 Å². The summed E-state index contributed by atoms with van der Waals surface area (Å²) in [6.45, 7) is 0.616. The van der Waals surface area contributed by atoms with Crippen LogP contribution in [0.25, 0.3) is 10.9 Å². The van der Waals surface area contributed by atoms with Gasteiger partial charge in [-0.05, 0) is 18.2 Å². The van der Waals surface area contributed by atoms with Crippen molar-refractivity contribution in [1.29, 1.82) is 0 Å². The normalized spacial score (nSPS) is 12.6. The fourth-order valence-electron chi connectivity index (χ4n) is 1.40. The van der Waals surface area contributed by atoms with Gasteiger partial charge >= 0.3 is 0 Å². The second-order valence-electron chi connectivity index (χ2n) is 3.60. The number of anilines is 1. The van der Waals surface area contributed by atoms with E-state index in [1.54, 1.807) is 12.5 Å². The Morgan fingerprint density at radius 3 is 3.06 bits per heavy atom. The van der Waals surface area contributed by atoms with Gasteiger partial charge in [-0.15, -0.1) is 0 Å². The Labute approximate surface area is 110 Å². The summed E-state index contributed by atoms with van der Waals surface area (Å²) in [5.74, 6) is 1.17. The topological polar surface area (TPSA) is 54.9 Å². The molecule has 1 atom stereocenters. The Kier molecular flexibility index (Phi) is 4.06. The van der Waals surface area contributed by atoms with Gasteiger partial charge in [-0.1, -0.05) is 15.9 Å². The molecule has 1 N–H and O–H groups in total. The van der Waals surface area contributed by atoms with Gasteiger partial charge in [0.15, 0.2) is 0 Å². The third-order valence-corrected chi connectivity index (χ3v) is 3.49. The average molecular weight is 314 g/mol. The minimum absolute atomic E-state index is 0.574. The molecule has 0 bridgehead atoms. The van der Waals surface area contributed by atoms with Crippen LogP contribution in [0.15, 0.2) is 28.9 Å². The Morgan fingerprint density at radius 1 is 1.47 bits per heavy atom. The highest BCUT2D eigenvalue weighted by molar-refractivity contribution is 9.10. The van der Waals surface area contributed by atoms with Crippen LogP contribution in [0.4, 0.5) is 5.95 Å². The van der Waals surface area contributed by atoms with Crippen LogP contribution in [0, 0.1) is 0 Å². The Hall–Kier alpha value is -1.01. The first kappa shape index (κ1) is 12.4. The smallest absolute Gasteiger partial charge is 0.223 e. The zero-order valence-electron chi connectivity index (χ0n) is 9.31. The van der Waals surface area contributed by atoms with Gasteiger partial charge in [0.05, 0.1) is 5.52 Å². The number of hydrogen-bond donors (Lipinski definition) is 1. The number of nitrogens with one attached hydrogen (secondary N) is 1. The zero-order valence-corrected chi connectivity index (χ0v) is 11.7. The van der Waals surface area contributed by atoms with Crippen molar-refractivity contribution < 1.29 is 4.21 Å². The molecule has 0 saturated heterocycles. The molecule has 1 unspecified atom stereocenters. The van der Waals surface area contributed by atoms with E-state index in [0.717, 1.165) is 15.4 Å². The van der Waals surface area contributed by atoms with Crippen LogP contribution >= 0.6 is 15.9 Å². The summed E-state index contributed by atoms with van der Waals surface area (Å²) in [6.07, 6.45) is 3.46. The molecule has 6 heteroatoms. The van der Waals surface area contributed by atoms with Crippen LogP contribution in [0.3, 0.4) is 0 Å². The van der Waals surface area contributed by atoms with E-state index in [4.69, 9.17) is 0 Å². The molecule has 1 aromatic carbocycles. The number of halogens is 1. The summed E-state index contributed by atoms with van der Waals surface area (Å²) >= 11 is 3.40. The Balaban J connectivity index is 2.14. The van der Waals surface area contributed by atoms with E-state index >= 15 is 0 Å². The molecule has 0 aliphatic carbocycles. The van der Waals surface area contributed by atoms with Crippen LogP contribution in [-0.2, 0) is 10.8 Å². The third kappa shape index (κ3) is 3.47. The molecule has 1 aromatic heterocycles. The maximum Gasteiger partial charge on any atom is 0.223 e.